The normalized spacial score (nSPS) is 19.6. The zero-order chi connectivity index (χ0) is 11.6. The molecule has 0 aromatic heterocycles. The van der Waals surface area contributed by atoms with Gasteiger partial charge in [0.25, 0.3) is 0 Å². The van der Waals surface area contributed by atoms with E-state index >= 15 is 0 Å². The summed E-state index contributed by atoms with van der Waals surface area (Å²) in [5.74, 6) is 0.203. The van der Waals surface area contributed by atoms with Gasteiger partial charge in [-0.1, -0.05) is 44.2 Å². The van der Waals surface area contributed by atoms with Crippen LogP contribution in [-0.2, 0) is 4.79 Å². The van der Waals surface area contributed by atoms with Crippen LogP contribution < -0.4 is 5.32 Å². The summed E-state index contributed by atoms with van der Waals surface area (Å²) >= 11 is 0. The Hall–Kier alpha value is -1.57. The van der Waals surface area contributed by atoms with Gasteiger partial charge in [-0.25, -0.2) is 0 Å². The standard InChI is InChI=1S/C14H17NO/c1-14(2)9-12(16)8-13(15-10-14)11-6-4-3-5-7-11/h3-8,15H,9-10H2,1-2H3. The molecule has 0 amide bonds. The Balaban J connectivity index is 2.27. The highest BCUT2D eigenvalue weighted by molar-refractivity contribution is 5.97. The predicted molar refractivity (Wildman–Crippen MR) is 65.8 cm³/mol. The van der Waals surface area contributed by atoms with Crippen LogP contribution in [0.15, 0.2) is 36.4 Å². The van der Waals surface area contributed by atoms with Crippen LogP contribution in [0.3, 0.4) is 0 Å². The number of benzene rings is 1. The van der Waals surface area contributed by atoms with E-state index in [-0.39, 0.29) is 11.2 Å². The summed E-state index contributed by atoms with van der Waals surface area (Å²) in [4.78, 5) is 11.8. The van der Waals surface area contributed by atoms with E-state index in [1.165, 1.54) is 0 Å². The van der Waals surface area contributed by atoms with Gasteiger partial charge in [-0.2, -0.15) is 0 Å². The first-order chi connectivity index (χ1) is 7.57. The molecule has 2 nitrogen and oxygen atoms in total. The van der Waals surface area contributed by atoms with Crippen molar-refractivity contribution in [1.29, 1.82) is 0 Å². The second kappa shape index (κ2) is 4.12. The van der Waals surface area contributed by atoms with Crippen LogP contribution in [0, 0.1) is 5.41 Å². The predicted octanol–water partition coefficient (Wildman–Crippen LogP) is 2.62. The van der Waals surface area contributed by atoms with Crippen LogP contribution in [0.4, 0.5) is 0 Å². The van der Waals surface area contributed by atoms with Gasteiger partial charge < -0.3 is 5.32 Å². The Morgan fingerprint density at radius 2 is 1.88 bits per heavy atom. The molecule has 1 aromatic carbocycles. The second-order valence-electron chi connectivity index (χ2n) is 5.08. The molecule has 84 valence electrons. The summed E-state index contributed by atoms with van der Waals surface area (Å²) in [6.45, 7) is 5.05. The van der Waals surface area contributed by atoms with Gasteiger partial charge in [-0.05, 0) is 11.0 Å². The van der Waals surface area contributed by atoms with Crippen LogP contribution in [-0.4, -0.2) is 12.3 Å². The van der Waals surface area contributed by atoms with E-state index in [9.17, 15) is 4.79 Å². The van der Waals surface area contributed by atoms with Crippen LogP contribution in [0.25, 0.3) is 5.70 Å². The lowest BCUT2D eigenvalue weighted by atomic mass is 9.88. The molecule has 0 spiro atoms. The first kappa shape index (κ1) is 10.9. The Morgan fingerprint density at radius 1 is 1.19 bits per heavy atom. The van der Waals surface area contributed by atoms with Crippen LogP contribution >= 0.6 is 0 Å². The van der Waals surface area contributed by atoms with Gasteiger partial charge in [0.1, 0.15) is 0 Å². The van der Waals surface area contributed by atoms with Crippen molar-refractivity contribution in [2.75, 3.05) is 6.54 Å². The van der Waals surface area contributed by atoms with E-state index < -0.39 is 0 Å². The molecule has 1 aromatic rings. The minimum absolute atomic E-state index is 0.0319. The number of allylic oxidation sites excluding steroid dienone is 1. The lowest BCUT2D eigenvalue weighted by Crippen LogP contribution is -2.27. The molecule has 0 saturated heterocycles. The average molecular weight is 215 g/mol. The number of hydrogen-bond donors (Lipinski definition) is 1. The van der Waals surface area contributed by atoms with Crippen molar-refractivity contribution in [1.82, 2.24) is 5.32 Å². The molecular weight excluding hydrogens is 198 g/mol. The third-order valence-corrected chi connectivity index (χ3v) is 2.80. The number of carbonyl (C=O) groups excluding carboxylic acids is 1. The summed E-state index contributed by atoms with van der Waals surface area (Å²) in [5.41, 5.74) is 2.05. The molecule has 0 saturated carbocycles. The fourth-order valence-corrected chi connectivity index (χ4v) is 1.93. The zero-order valence-electron chi connectivity index (χ0n) is 9.79. The van der Waals surface area contributed by atoms with Gasteiger partial charge in [-0.15, -0.1) is 0 Å². The highest BCUT2D eigenvalue weighted by Crippen LogP contribution is 2.25. The Morgan fingerprint density at radius 3 is 2.56 bits per heavy atom. The fourth-order valence-electron chi connectivity index (χ4n) is 1.93. The molecule has 2 heteroatoms. The maximum Gasteiger partial charge on any atom is 0.158 e. The number of hydrogen-bond acceptors (Lipinski definition) is 2. The van der Waals surface area contributed by atoms with Crippen LogP contribution in [0.5, 0.6) is 0 Å². The SMILES string of the molecule is CC1(C)CNC(c2ccccc2)=CC(=O)C1. The first-order valence-corrected chi connectivity index (χ1v) is 5.61. The van der Waals surface area contributed by atoms with Crippen molar-refractivity contribution in [3.8, 4) is 0 Å². The van der Waals surface area contributed by atoms with E-state index in [1.54, 1.807) is 6.08 Å². The topological polar surface area (TPSA) is 29.1 Å². The quantitative estimate of drug-likeness (QED) is 0.780. The lowest BCUT2D eigenvalue weighted by molar-refractivity contribution is -0.116. The molecule has 0 atom stereocenters. The summed E-state index contributed by atoms with van der Waals surface area (Å²) in [6.07, 6.45) is 2.33. The summed E-state index contributed by atoms with van der Waals surface area (Å²) in [5, 5.41) is 3.36. The van der Waals surface area contributed by atoms with Crippen LogP contribution in [0.2, 0.25) is 0 Å². The zero-order valence-corrected chi connectivity index (χ0v) is 9.79. The third-order valence-electron chi connectivity index (χ3n) is 2.80. The monoisotopic (exact) mass is 215 g/mol. The first-order valence-electron chi connectivity index (χ1n) is 5.61. The van der Waals surface area contributed by atoms with Gasteiger partial charge in [0.2, 0.25) is 0 Å². The molecule has 1 aliphatic rings. The molecule has 1 heterocycles. The van der Waals surface area contributed by atoms with Crippen molar-refractivity contribution in [3.63, 3.8) is 0 Å². The Bertz CT molecular complexity index is 418. The minimum atomic E-state index is 0.0319. The lowest BCUT2D eigenvalue weighted by Gasteiger charge is -2.22. The third kappa shape index (κ3) is 2.51. The van der Waals surface area contributed by atoms with Crippen molar-refractivity contribution in [2.24, 2.45) is 5.41 Å². The summed E-state index contributed by atoms with van der Waals surface area (Å²) < 4.78 is 0. The maximum absolute atomic E-state index is 11.8. The second-order valence-corrected chi connectivity index (χ2v) is 5.08. The van der Waals surface area contributed by atoms with E-state index in [1.807, 2.05) is 30.3 Å². The van der Waals surface area contributed by atoms with E-state index in [0.717, 1.165) is 17.8 Å². The molecule has 0 aliphatic carbocycles. The van der Waals surface area contributed by atoms with Gasteiger partial charge in [0.05, 0.1) is 0 Å². The smallest absolute Gasteiger partial charge is 0.158 e. The molecule has 0 fully saturated rings. The number of ketones is 1. The number of rotatable bonds is 1. The maximum atomic E-state index is 11.8. The largest absolute Gasteiger partial charge is 0.384 e. The van der Waals surface area contributed by atoms with Crippen molar-refractivity contribution in [2.45, 2.75) is 20.3 Å². The summed E-state index contributed by atoms with van der Waals surface area (Å²) in [7, 11) is 0. The van der Waals surface area contributed by atoms with Crippen LogP contribution in [0.1, 0.15) is 25.8 Å². The number of carbonyl (C=O) groups is 1. The van der Waals surface area contributed by atoms with Crippen molar-refractivity contribution < 1.29 is 4.79 Å². The average Bonchev–Trinajstić information content (AvgIpc) is 2.37. The van der Waals surface area contributed by atoms with E-state index in [0.29, 0.717) is 6.42 Å². The van der Waals surface area contributed by atoms with Crippen molar-refractivity contribution in [3.05, 3.63) is 42.0 Å². The molecule has 1 aliphatic heterocycles. The minimum Gasteiger partial charge on any atom is -0.384 e. The molecule has 1 N–H and O–H groups in total. The van der Waals surface area contributed by atoms with E-state index in [4.69, 9.17) is 0 Å². The fraction of sp³-hybridized carbons (Fsp3) is 0.357. The number of nitrogens with one attached hydrogen (secondary N) is 1. The molecular formula is C14H17NO. The molecule has 0 bridgehead atoms. The van der Waals surface area contributed by atoms with Gasteiger partial charge in [-0.3, -0.25) is 4.79 Å². The van der Waals surface area contributed by atoms with E-state index in [2.05, 4.69) is 19.2 Å². The van der Waals surface area contributed by atoms with Gasteiger partial charge in [0.15, 0.2) is 5.78 Å². The molecule has 2 rings (SSSR count). The molecule has 16 heavy (non-hydrogen) atoms. The summed E-state index contributed by atoms with van der Waals surface area (Å²) in [6, 6.07) is 9.98. The molecule has 0 radical (unpaired) electrons. The van der Waals surface area contributed by atoms with Gasteiger partial charge in [0, 0.05) is 24.7 Å². The highest BCUT2D eigenvalue weighted by atomic mass is 16.1. The Kier molecular flexibility index (Phi) is 2.82. The van der Waals surface area contributed by atoms with Crippen molar-refractivity contribution >= 4 is 11.5 Å². The Labute approximate surface area is 96.4 Å². The highest BCUT2D eigenvalue weighted by Gasteiger charge is 2.24. The molecule has 0 unspecified atom stereocenters. The van der Waals surface area contributed by atoms with Gasteiger partial charge >= 0.3 is 0 Å².